The number of ether oxygens (including phenoxy) is 1. The largest absolute Gasteiger partial charge is 1.00 e. The van der Waals surface area contributed by atoms with E-state index in [0.29, 0.717) is 0 Å². The molecule has 0 rings (SSSR count). The van der Waals surface area contributed by atoms with Gasteiger partial charge in [-0.3, -0.25) is 4.55 Å². The number of methoxy groups -OCH3 is 1. The molecule has 5 nitrogen and oxygen atoms in total. The third-order valence-corrected chi connectivity index (χ3v) is 0.612. The Bertz CT molecular complexity index is 173. The fraction of sp³-hybridized carbons (Fsp3) is 1.00. The van der Waals surface area contributed by atoms with Crippen LogP contribution in [0.5, 0.6) is 0 Å². The standard InChI is InChI=1S/C5H12O.K.H2O4S/c1-5(2,3)6-4;;1-5(2,3)4/h1-4H3;;(H2,1,2,3,4)/q;+1;/p-1. The fourth-order valence-electron chi connectivity index (χ4n) is 0. The van der Waals surface area contributed by atoms with Crippen LogP contribution in [0, 0.1) is 0 Å². The monoisotopic (exact) mass is 224 g/mol. The Morgan fingerprint density at radius 2 is 1.42 bits per heavy atom. The molecule has 0 saturated heterocycles. The van der Waals surface area contributed by atoms with Crippen LogP contribution in [-0.2, 0) is 15.1 Å². The first-order valence-electron chi connectivity index (χ1n) is 2.79. The maximum absolute atomic E-state index is 8.63. The zero-order valence-corrected chi connectivity index (χ0v) is 11.9. The minimum Gasteiger partial charge on any atom is -0.726 e. The van der Waals surface area contributed by atoms with Gasteiger partial charge in [-0.05, 0) is 20.8 Å². The molecule has 0 aliphatic heterocycles. The average Bonchev–Trinajstić information content (AvgIpc) is 1.59. The van der Waals surface area contributed by atoms with Gasteiger partial charge in [0.1, 0.15) is 0 Å². The molecule has 0 atom stereocenters. The second-order valence-electron chi connectivity index (χ2n) is 2.74. The molecule has 0 aliphatic carbocycles. The summed E-state index contributed by atoms with van der Waals surface area (Å²) in [5.41, 5.74) is 0.0417. The molecule has 0 amide bonds. The van der Waals surface area contributed by atoms with Gasteiger partial charge in [-0.25, -0.2) is 8.42 Å². The fourth-order valence-corrected chi connectivity index (χ4v) is 0. The molecule has 1 N–H and O–H groups in total. The Morgan fingerprint density at radius 3 is 1.42 bits per heavy atom. The SMILES string of the molecule is COC(C)(C)C.O=S(=O)([O-])O.[K+]. The molecule has 0 fully saturated rings. The molecule has 0 bridgehead atoms. The van der Waals surface area contributed by atoms with Crippen LogP contribution < -0.4 is 51.4 Å². The Balaban J connectivity index is -0.000000126. The first-order chi connectivity index (χ1) is 4.56. The molecule has 12 heavy (non-hydrogen) atoms. The third kappa shape index (κ3) is 63.0. The predicted octanol–water partition coefficient (Wildman–Crippen LogP) is -2.56. The van der Waals surface area contributed by atoms with E-state index in [1.807, 2.05) is 20.8 Å². The summed E-state index contributed by atoms with van der Waals surface area (Å²) in [6, 6.07) is 0. The van der Waals surface area contributed by atoms with Crippen molar-refractivity contribution in [2.75, 3.05) is 7.11 Å². The van der Waals surface area contributed by atoms with E-state index in [9.17, 15) is 0 Å². The van der Waals surface area contributed by atoms with Crippen molar-refractivity contribution in [3.05, 3.63) is 0 Å². The van der Waals surface area contributed by atoms with E-state index in [0.717, 1.165) is 0 Å². The Kier molecular flexibility index (Phi) is 12.5. The summed E-state index contributed by atoms with van der Waals surface area (Å²) in [5, 5.41) is 0. The van der Waals surface area contributed by atoms with Crippen molar-refractivity contribution in [3.8, 4) is 0 Å². The van der Waals surface area contributed by atoms with Gasteiger partial charge in [0, 0.05) is 7.11 Å². The second-order valence-corrected chi connectivity index (χ2v) is 3.60. The quantitative estimate of drug-likeness (QED) is 0.278. The van der Waals surface area contributed by atoms with Gasteiger partial charge in [-0.15, -0.1) is 0 Å². The van der Waals surface area contributed by atoms with Crippen LogP contribution in [0.25, 0.3) is 0 Å². The average molecular weight is 224 g/mol. The van der Waals surface area contributed by atoms with Crippen LogP contribution in [0.1, 0.15) is 20.8 Å². The van der Waals surface area contributed by atoms with Gasteiger partial charge in [-0.2, -0.15) is 0 Å². The maximum atomic E-state index is 8.63. The van der Waals surface area contributed by atoms with E-state index >= 15 is 0 Å². The molecular formula is C5H13KO5S. The van der Waals surface area contributed by atoms with Crippen molar-refractivity contribution in [2.24, 2.45) is 0 Å². The van der Waals surface area contributed by atoms with E-state index in [1.54, 1.807) is 7.11 Å². The predicted molar refractivity (Wildman–Crippen MR) is 39.1 cm³/mol. The molecule has 0 spiro atoms. The molecule has 7 heteroatoms. The molecule has 0 radical (unpaired) electrons. The first-order valence-corrected chi connectivity index (χ1v) is 4.16. The molecule has 0 aromatic heterocycles. The summed E-state index contributed by atoms with van der Waals surface area (Å²) in [4.78, 5) is 0. The van der Waals surface area contributed by atoms with Crippen molar-refractivity contribution in [1.82, 2.24) is 0 Å². The molecule has 0 unspecified atom stereocenters. The number of hydrogen-bond acceptors (Lipinski definition) is 4. The zero-order chi connectivity index (χ0) is 9.71. The number of hydrogen-bond donors (Lipinski definition) is 1. The number of rotatable bonds is 0. The molecule has 0 aromatic rings. The zero-order valence-electron chi connectivity index (χ0n) is 7.99. The third-order valence-electron chi connectivity index (χ3n) is 0.612. The molecule has 0 aliphatic rings. The minimum absolute atomic E-state index is 0. The molecular weight excluding hydrogens is 211 g/mol. The normalized spacial score (nSPS) is 10.8. The molecule has 70 valence electrons. The Morgan fingerprint density at radius 1 is 1.33 bits per heavy atom. The van der Waals surface area contributed by atoms with Crippen molar-refractivity contribution < 1.29 is 73.6 Å². The van der Waals surface area contributed by atoms with Crippen LogP contribution in [0.15, 0.2) is 0 Å². The van der Waals surface area contributed by atoms with Crippen LogP contribution in [-0.4, -0.2) is 30.2 Å². The van der Waals surface area contributed by atoms with Gasteiger partial charge >= 0.3 is 51.4 Å². The smallest absolute Gasteiger partial charge is 0.726 e. The first kappa shape index (κ1) is 19.1. The summed E-state index contributed by atoms with van der Waals surface area (Å²) in [5.74, 6) is 0. The summed E-state index contributed by atoms with van der Waals surface area (Å²) >= 11 is 0. The Labute approximate surface area is 116 Å². The summed E-state index contributed by atoms with van der Waals surface area (Å²) in [6.45, 7) is 6.06. The van der Waals surface area contributed by atoms with Gasteiger partial charge in [0.05, 0.1) is 5.60 Å². The summed E-state index contributed by atoms with van der Waals surface area (Å²) in [6.07, 6.45) is 0. The molecule has 0 aromatic carbocycles. The Hall–Kier alpha value is 1.47. The van der Waals surface area contributed by atoms with Gasteiger partial charge < -0.3 is 9.29 Å². The van der Waals surface area contributed by atoms with Crippen molar-refractivity contribution >= 4 is 10.4 Å². The molecule has 0 heterocycles. The van der Waals surface area contributed by atoms with E-state index < -0.39 is 10.4 Å². The van der Waals surface area contributed by atoms with E-state index in [1.165, 1.54) is 0 Å². The maximum Gasteiger partial charge on any atom is 1.00 e. The van der Waals surface area contributed by atoms with Crippen LogP contribution in [0.2, 0.25) is 0 Å². The van der Waals surface area contributed by atoms with E-state index in [4.69, 9.17) is 22.3 Å². The van der Waals surface area contributed by atoms with Gasteiger partial charge in [0.15, 0.2) is 0 Å². The van der Waals surface area contributed by atoms with E-state index in [2.05, 4.69) is 0 Å². The van der Waals surface area contributed by atoms with Crippen molar-refractivity contribution in [3.63, 3.8) is 0 Å². The summed E-state index contributed by atoms with van der Waals surface area (Å²) in [7, 11) is -3.21. The minimum atomic E-state index is -4.92. The van der Waals surface area contributed by atoms with Crippen LogP contribution >= 0.6 is 0 Å². The van der Waals surface area contributed by atoms with Crippen molar-refractivity contribution in [1.29, 1.82) is 0 Å². The van der Waals surface area contributed by atoms with Crippen LogP contribution in [0.4, 0.5) is 0 Å². The van der Waals surface area contributed by atoms with Gasteiger partial charge in [-0.1, -0.05) is 0 Å². The van der Waals surface area contributed by atoms with Gasteiger partial charge in [0.25, 0.3) is 0 Å². The topological polar surface area (TPSA) is 86.7 Å². The summed E-state index contributed by atoms with van der Waals surface area (Å²) < 4.78 is 37.8. The van der Waals surface area contributed by atoms with Gasteiger partial charge in [0.2, 0.25) is 10.4 Å². The van der Waals surface area contributed by atoms with Crippen LogP contribution in [0.3, 0.4) is 0 Å². The molecule has 0 saturated carbocycles. The van der Waals surface area contributed by atoms with Crippen molar-refractivity contribution in [2.45, 2.75) is 26.4 Å². The second kappa shape index (κ2) is 7.83. The van der Waals surface area contributed by atoms with E-state index in [-0.39, 0.29) is 57.0 Å².